The average Bonchev–Trinajstić information content (AvgIpc) is 2.49. The summed E-state index contributed by atoms with van der Waals surface area (Å²) >= 11 is 1.84. The molecular weight excluding hydrogens is 266 g/mol. The molecule has 0 aliphatic heterocycles. The van der Waals surface area contributed by atoms with Crippen molar-refractivity contribution < 1.29 is 4.74 Å². The number of thioether (sulfide) groups is 1. The highest BCUT2D eigenvalue weighted by Crippen LogP contribution is 2.17. The molecule has 0 aromatic heterocycles. The number of benzene rings is 2. The maximum Gasteiger partial charge on any atom is 0.122 e. The van der Waals surface area contributed by atoms with Gasteiger partial charge in [-0.05, 0) is 36.2 Å². The molecule has 0 unspecified atom stereocenters. The van der Waals surface area contributed by atoms with Gasteiger partial charge in [-0.3, -0.25) is 0 Å². The van der Waals surface area contributed by atoms with Crippen LogP contribution in [0.4, 0.5) is 0 Å². The third-order valence-corrected chi connectivity index (χ3v) is 3.92. The second kappa shape index (κ2) is 7.62. The van der Waals surface area contributed by atoms with E-state index in [-0.39, 0.29) is 0 Å². The van der Waals surface area contributed by atoms with Gasteiger partial charge in [-0.2, -0.15) is 17.0 Å². The minimum atomic E-state index is 0.710. The highest BCUT2D eigenvalue weighted by Gasteiger charge is 1.98. The molecule has 0 aliphatic rings. The maximum absolute atomic E-state index is 8.73. The Morgan fingerprint density at radius 3 is 2.55 bits per heavy atom. The fourth-order valence-corrected chi connectivity index (χ4v) is 2.57. The molecule has 0 atom stereocenters. The molecule has 0 spiro atoms. The minimum Gasteiger partial charge on any atom is -0.492 e. The van der Waals surface area contributed by atoms with Crippen molar-refractivity contribution in [3.63, 3.8) is 0 Å². The molecule has 102 valence electrons. The normalized spacial score (nSPS) is 10.0. The maximum atomic E-state index is 8.73. The molecule has 0 aliphatic carbocycles. The Bertz CT molecular complexity index is 587. The van der Waals surface area contributed by atoms with E-state index in [2.05, 4.69) is 19.1 Å². The van der Waals surface area contributed by atoms with Crippen LogP contribution in [0.5, 0.6) is 5.75 Å². The number of nitrogens with zero attached hydrogens (tertiary/aromatic N) is 1. The molecule has 2 nitrogen and oxygen atoms in total. The van der Waals surface area contributed by atoms with Gasteiger partial charge in [0.25, 0.3) is 0 Å². The molecule has 0 fully saturated rings. The van der Waals surface area contributed by atoms with Crippen molar-refractivity contribution in [2.45, 2.75) is 12.7 Å². The molecule has 0 bridgehead atoms. The topological polar surface area (TPSA) is 33.0 Å². The fourth-order valence-electron chi connectivity index (χ4n) is 1.79. The van der Waals surface area contributed by atoms with E-state index in [0.29, 0.717) is 12.2 Å². The van der Waals surface area contributed by atoms with Gasteiger partial charge in [0.2, 0.25) is 0 Å². The highest BCUT2D eigenvalue weighted by molar-refractivity contribution is 7.98. The number of rotatable bonds is 6. The summed E-state index contributed by atoms with van der Waals surface area (Å²) in [5.74, 6) is 2.86. The lowest BCUT2D eigenvalue weighted by Gasteiger charge is -2.08. The Morgan fingerprint density at radius 1 is 1.10 bits per heavy atom. The van der Waals surface area contributed by atoms with E-state index in [1.165, 1.54) is 11.1 Å². The molecule has 2 rings (SSSR count). The van der Waals surface area contributed by atoms with E-state index in [4.69, 9.17) is 10.00 Å². The van der Waals surface area contributed by atoms with Gasteiger partial charge in [-0.15, -0.1) is 0 Å². The number of hydrogen-bond donors (Lipinski definition) is 0. The van der Waals surface area contributed by atoms with Crippen molar-refractivity contribution in [3.05, 3.63) is 65.2 Å². The molecule has 0 radical (unpaired) electrons. The van der Waals surface area contributed by atoms with Gasteiger partial charge in [-0.25, -0.2) is 0 Å². The first-order valence-corrected chi connectivity index (χ1v) is 7.70. The molecule has 2 aromatic rings. The molecular formula is C17H17NOS. The van der Waals surface area contributed by atoms with Crippen molar-refractivity contribution >= 4 is 11.8 Å². The van der Waals surface area contributed by atoms with Crippen LogP contribution >= 0.6 is 11.8 Å². The van der Waals surface area contributed by atoms with Crippen molar-refractivity contribution in [1.29, 1.82) is 5.26 Å². The lowest BCUT2D eigenvalue weighted by molar-refractivity contribution is 0.341. The van der Waals surface area contributed by atoms with Gasteiger partial charge in [0.1, 0.15) is 5.75 Å². The van der Waals surface area contributed by atoms with Crippen LogP contribution in [-0.4, -0.2) is 12.4 Å². The first-order valence-electron chi connectivity index (χ1n) is 6.55. The largest absolute Gasteiger partial charge is 0.492 e. The van der Waals surface area contributed by atoms with Crippen molar-refractivity contribution in [1.82, 2.24) is 0 Å². The number of aryl methyl sites for hydroxylation is 1. The van der Waals surface area contributed by atoms with E-state index in [9.17, 15) is 0 Å². The second-order valence-corrected chi connectivity index (χ2v) is 5.58. The predicted octanol–water partition coefficient (Wildman–Crippen LogP) is 4.18. The van der Waals surface area contributed by atoms with E-state index in [1.54, 1.807) is 0 Å². The van der Waals surface area contributed by atoms with Crippen molar-refractivity contribution in [2.75, 3.05) is 12.4 Å². The van der Waals surface area contributed by atoms with Gasteiger partial charge in [0, 0.05) is 11.5 Å². The first kappa shape index (κ1) is 14.5. The minimum absolute atomic E-state index is 0.710. The lowest BCUT2D eigenvalue weighted by Crippen LogP contribution is -2.01. The molecule has 0 saturated carbocycles. The Hall–Kier alpha value is -1.92. The first-order chi connectivity index (χ1) is 9.79. The van der Waals surface area contributed by atoms with Gasteiger partial charge in [-0.1, -0.05) is 30.3 Å². The highest BCUT2D eigenvalue weighted by atomic mass is 32.2. The van der Waals surface area contributed by atoms with Crippen molar-refractivity contribution in [3.8, 4) is 11.8 Å². The van der Waals surface area contributed by atoms with Crippen LogP contribution in [-0.2, 0) is 5.75 Å². The van der Waals surface area contributed by atoms with Gasteiger partial charge in [0.15, 0.2) is 0 Å². The Morgan fingerprint density at radius 2 is 1.85 bits per heavy atom. The summed E-state index contributed by atoms with van der Waals surface area (Å²) in [4.78, 5) is 0. The second-order valence-electron chi connectivity index (χ2n) is 4.48. The smallest absolute Gasteiger partial charge is 0.122 e. The number of nitriles is 1. The Labute approximate surface area is 124 Å². The lowest BCUT2D eigenvalue weighted by atomic mass is 10.2. The predicted molar refractivity (Wildman–Crippen MR) is 84.0 cm³/mol. The quantitative estimate of drug-likeness (QED) is 0.746. The molecule has 0 saturated heterocycles. The monoisotopic (exact) mass is 283 g/mol. The van der Waals surface area contributed by atoms with Crippen LogP contribution in [0.3, 0.4) is 0 Å². The summed E-state index contributed by atoms with van der Waals surface area (Å²) in [5.41, 5.74) is 3.12. The number of para-hydroxylation sites is 1. The summed E-state index contributed by atoms with van der Waals surface area (Å²) in [7, 11) is 0. The van der Waals surface area contributed by atoms with Gasteiger partial charge < -0.3 is 4.74 Å². The standard InChI is InChI=1S/C17H17NOS/c1-14-4-2-3-5-17(14)19-10-11-20-13-16-8-6-15(12-18)7-9-16/h2-9H,10-11,13H2,1H3. The Kier molecular flexibility index (Phi) is 5.52. The molecule has 0 heterocycles. The van der Waals surface area contributed by atoms with Crippen LogP contribution in [0.25, 0.3) is 0 Å². The summed E-state index contributed by atoms with van der Waals surface area (Å²) in [6, 6.07) is 17.9. The third-order valence-electron chi connectivity index (χ3n) is 2.93. The zero-order valence-corrected chi connectivity index (χ0v) is 12.3. The summed E-state index contributed by atoms with van der Waals surface area (Å²) < 4.78 is 5.75. The van der Waals surface area contributed by atoms with E-state index in [0.717, 1.165) is 17.3 Å². The third kappa shape index (κ3) is 4.32. The van der Waals surface area contributed by atoms with E-state index < -0.39 is 0 Å². The zero-order chi connectivity index (χ0) is 14.2. The average molecular weight is 283 g/mol. The SMILES string of the molecule is Cc1ccccc1OCCSCc1ccc(C#N)cc1. The van der Waals surface area contributed by atoms with Crippen LogP contribution in [0, 0.1) is 18.3 Å². The fraction of sp³-hybridized carbons (Fsp3) is 0.235. The number of ether oxygens (including phenoxy) is 1. The van der Waals surface area contributed by atoms with Crippen molar-refractivity contribution in [2.24, 2.45) is 0 Å². The van der Waals surface area contributed by atoms with Crippen LogP contribution < -0.4 is 4.74 Å². The zero-order valence-electron chi connectivity index (χ0n) is 11.5. The van der Waals surface area contributed by atoms with Crippen LogP contribution in [0.15, 0.2) is 48.5 Å². The summed E-state index contributed by atoms with van der Waals surface area (Å²) in [6.07, 6.45) is 0. The molecule has 3 heteroatoms. The van der Waals surface area contributed by atoms with Gasteiger partial charge >= 0.3 is 0 Å². The summed E-state index contributed by atoms with van der Waals surface area (Å²) in [6.45, 7) is 2.77. The number of hydrogen-bond acceptors (Lipinski definition) is 3. The van der Waals surface area contributed by atoms with Crippen LogP contribution in [0.2, 0.25) is 0 Å². The molecule has 20 heavy (non-hydrogen) atoms. The van der Waals surface area contributed by atoms with E-state index >= 15 is 0 Å². The van der Waals surface area contributed by atoms with Crippen LogP contribution in [0.1, 0.15) is 16.7 Å². The van der Waals surface area contributed by atoms with Gasteiger partial charge in [0.05, 0.1) is 18.2 Å². The molecule has 0 amide bonds. The van der Waals surface area contributed by atoms with E-state index in [1.807, 2.05) is 54.2 Å². The molecule has 2 aromatic carbocycles. The summed E-state index contributed by atoms with van der Waals surface area (Å²) in [5, 5.41) is 8.73. The molecule has 0 N–H and O–H groups in total. The Balaban J connectivity index is 1.69.